The van der Waals surface area contributed by atoms with Crippen molar-refractivity contribution in [3.63, 3.8) is 0 Å². The summed E-state index contributed by atoms with van der Waals surface area (Å²) in [6.07, 6.45) is 3.60. The molecule has 1 aliphatic rings. The van der Waals surface area contributed by atoms with Crippen molar-refractivity contribution in [1.82, 2.24) is 0 Å². The van der Waals surface area contributed by atoms with Crippen molar-refractivity contribution in [2.75, 3.05) is 0 Å². The maximum Gasteiger partial charge on any atom is 0.135 e. The van der Waals surface area contributed by atoms with Crippen molar-refractivity contribution < 1.29 is 5.11 Å². The minimum atomic E-state index is 0.398. The fraction of sp³-hybridized carbons (Fsp3) is 0.400. The van der Waals surface area contributed by atoms with Crippen molar-refractivity contribution >= 4 is 0 Å². The topological polar surface area (TPSA) is 20.2 Å². The van der Waals surface area contributed by atoms with Gasteiger partial charge in [0, 0.05) is 6.42 Å². The molecule has 1 aliphatic carbocycles. The van der Waals surface area contributed by atoms with Crippen molar-refractivity contribution in [3.05, 3.63) is 17.6 Å². The average Bonchev–Trinajstić information content (AvgIpc) is 1.86. The second-order valence-corrected chi connectivity index (χ2v) is 1.33. The number of aliphatic hydroxyl groups is 1. The van der Waals surface area contributed by atoms with Gasteiger partial charge in [-0.2, -0.15) is 0 Å². The second kappa shape index (κ2) is 1.19. The third kappa shape index (κ3) is 0.447. The summed E-state index contributed by atoms with van der Waals surface area (Å²) >= 11 is 0. The van der Waals surface area contributed by atoms with E-state index in [1.54, 1.807) is 0 Å². The molecule has 1 nitrogen and oxygen atoms in total. The van der Waals surface area contributed by atoms with Gasteiger partial charge in [-0.25, -0.2) is 0 Å². The number of allylic oxidation sites excluding steroid dienone is 1. The molecule has 1 rings (SSSR count). The van der Waals surface area contributed by atoms with Gasteiger partial charge in [0.05, 0.1) is 0 Å². The highest BCUT2D eigenvalue weighted by Gasteiger charge is 1.92. The molecule has 1 heteroatoms. The Balaban J connectivity index is 2.71. The van der Waals surface area contributed by atoms with Crippen LogP contribution < -0.4 is 0 Å². The van der Waals surface area contributed by atoms with Crippen molar-refractivity contribution in [3.8, 4) is 0 Å². The molecule has 0 fully saturated rings. The summed E-state index contributed by atoms with van der Waals surface area (Å²) in [7, 11) is 0. The Hall–Kier alpha value is -0.680. The second-order valence-electron chi connectivity index (χ2n) is 1.33. The highest BCUT2D eigenvalue weighted by atomic mass is 16.3. The van der Waals surface area contributed by atoms with Crippen molar-refractivity contribution in [1.29, 1.82) is 0 Å². The molecule has 32 valence electrons. The van der Waals surface area contributed by atoms with Crippen LogP contribution in [-0.4, -0.2) is 5.11 Å². The molecule has 0 saturated carbocycles. The van der Waals surface area contributed by atoms with Gasteiger partial charge in [-0.3, -0.25) is 0 Å². The van der Waals surface area contributed by atoms with Gasteiger partial charge in [0.1, 0.15) is 5.76 Å². The van der Waals surface area contributed by atoms with E-state index in [-0.39, 0.29) is 0 Å². The molecule has 0 aromatic heterocycles. The summed E-state index contributed by atoms with van der Waals surface area (Å²) in [4.78, 5) is 0. The Morgan fingerprint density at radius 2 is 2.67 bits per heavy atom. The van der Waals surface area contributed by atoms with Crippen LogP contribution in [0.5, 0.6) is 0 Å². The highest BCUT2D eigenvalue weighted by Crippen LogP contribution is 2.05. The first-order valence-corrected chi connectivity index (χ1v) is 2.02. The molecule has 0 amide bonds. The number of hydrogen-bond acceptors (Lipinski definition) is 1. The van der Waals surface area contributed by atoms with Crippen LogP contribution in [0.4, 0.5) is 0 Å². The van der Waals surface area contributed by atoms with Crippen molar-refractivity contribution in [2.24, 2.45) is 0 Å². The zero-order valence-electron chi connectivity index (χ0n) is 3.44. The molecule has 0 spiro atoms. The zero-order valence-corrected chi connectivity index (χ0v) is 3.44. The lowest BCUT2D eigenvalue weighted by molar-refractivity contribution is 0.396. The molecular weight excluding hydrogens is 76.1 g/mol. The van der Waals surface area contributed by atoms with Gasteiger partial charge in [-0.1, -0.05) is 5.73 Å². The molecule has 1 N–H and O–H groups in total. The van der Waals surface area contributed by atoms with E-state index in [1.807, 2.05) is 6.08 Å². The third-order valence-corrected chi connectivity index (χ3v) is 0.794. The number of rotatable bonds is 0. The minimum absolute atomic E-state index is 0.398. The Morgan fingerprint density at radius 1 is 1.83 bits per heavy atom. The molecule has 0 aromatic carbocycles. The van der Waals surface area contributed by atoms with Crippen LogP contribution >= 0.6 is 0 Å². The summed E-state index contributed by atoms with van der Waals surface area (Å²) in [5.74, 6) is 0.398. The summed E-state index contributed by atoms with van der Waals surface area (Å²) in [5.41, 5.74) is 2.67. The van der Waals surface area contributed by atoms with Crippen LogP contribution in [0.1, 0.15) is 12.8 Å². The number of aliphatic hydroxyl groups excluding tert-OH is 1. The van der Waals surface area contributed by atoms with Crippen LogP contribution in [0.2, 0.25) is 0 Å². The lowest BCUT2D eigenvalue weighted by Crippen LogP contribution is -1.67. The molecule has 0 heterocycles. The summed E-state index contributed by atoms with van der Waals surface area (Å²) in [5, 5.41) is 8.50. The van der Waals surface area contributed by atoms with Crippen LogP contribution in [0, 0.1) is 0 Å². The molecule has 0 aromatic rings. The van der Waals surface area contributed by atoms with Crippen LogP contribution in [0.15, 0.2) is 17.6 Å². The van der Waals surface area contributed by atoms with E-state index < -0.39 is 0 Å². The van der Waals surface area contributed by atoms with E-state index in [0.29, 0.717) is 5.76 Å². The van der Waals surface area contributed by atoms with Gasteiger partial charge in [0.2, 0.25) is 0 Å². The molecule has 0 radical (unpaired) electrons. The Bertz CT molecular complexity index is 107. The zero-order chi connectivity index (χ0) is 4.41. The average molecular weight is 82.1 g/mol. The van der Waals surface area contributed by atoms with Gasteiger partial charge in [-0.05, 0) is 12.5 Å². The van der Waals surface area contributed by atoms with Gasteiger partial charge in [0.25, 0.3) is 0 Å². The lowest BCUT2D eigenvalue weighted by atomic mass is 10.4. The predicted molar refractivity (Wildman–Crippen MR) is 23.5 cm³/mol. The van der Waals surface area contributed by atoms with E-state index in [4.69, 9.17) is 5.11 Å². The fourth-order valence-corrected chi connectivity index (χ4v) is 0.471. The predicted octanol–water partition coefficient (Wildman–Crippen LogP) is 1.38. The quantitative estimate of drug-likeness (QED) is 0.437. The van der Waals surface area contributed by atoms with Crippen LogP contribution in [-0.2, 0) is 0 Å². The molecule has 0 aliphatic heterocycles. The Morgan fingerprint density at radius 3 is 2.83 bits per heavy atom. The minimum Gasteiger partial charge on any atom is -0.505 e. The van der Waals surface area contributed by atoms with Crippen LogP contribution in [0.25, 0.3) is 0 Å². The largest absolute Gasteiger partial charge is 0.505 e. The molecule has 0 unspecified atom stereocenters. The van der Waals surface area contributed by atoms with Gasteiger partial charge >= 0.3 is 0 Å². The Labute approximate surface area is 36.6 Å². The van der Waals surface area contributed by atoms with E-state index in [9.17, 15) is 0 Å². The van der Waals surface area contributed by atoms with E-state index in [2.05, 4.69) is 5.73 Å². The molecule has 0 saturated heterocycles. The third-order valence-electron chi connectivity index (χ3n) is 0.794. The normalized spacial score (nSPS) is 18.3. The van der Waals surface area contributed by atoms with Gasteiger partial charge < -0.3 is 5.11 Å². The van der Waals surface area contributed by atoms with E-state index >= 15 is 0 Å². The molecule has 6 heavy (non-hydrogen) atoms. The molecule has 0 bridgehead atoms. The monoisotopic (exact) mass is 82.0 g/mol. The standard InChI is InChI=1S/C5H6O/c6-5-3-1-2-4-5/h1,6H,2,4H2. The smallest absolute Gasteiger partial charge is 0.135 e. The van der Waals surface area contributed by atoms with E-state index in [1.165, 1.54) is 0 Å². The fourth-order valence-electron chi connectivity index (χ4n) is 0.471. The van der Waals surface area contributed by atoms with Crippen molar-refractivity contribution in [2.45, 2.75) is 12.8 Å². The first-order valence-electron chi connectivity index (χ1n) is 2.02. The van der Waals surface area contributed by atoms with Crippen LogP contribution in [0.3, 0.4) is 0 Å². The number of hydrogen-bond donors (Lipinski definition) is 1. The Kier molecular flexibility index (Phi) is 0.697. The first-order chi connectivity index (χ1) is 2.89. The summed E-state index contributed by atoms with van der Waals surface area (Å²) < 4.78 is 0. The first kappa shape index (κ1) is 3.51. The lowest BCUT2D eigenvalue weighted by Gasteiger charge is -1.79. The maximum atomic E-state index is 8.50. The summed E-state index contributed by atoms with van der Waals surface area (Å²) in [6.45, 7) is 0. The van der Waals surface area contributed by atoms with Gasteiger partial charge in [-0.15, -0.1) is 0 Å². The maximum absolute atomic E-state index is 8.50. The summed E-state index contributed by atoms with van der Waals surface area (Å²) in [6, 6.07) is 0. The van der Waals surface area contributed by atoms with E-state index in [0.717, 1.165) is 12.8 Å². The molecule has 0 atom stereocenters. The molecular formula is C5H6O. The SMILES string of the molecule is OC1=C=CCC1. The highest BCUT2D eigenvalue weighted by molar-refractivity contribution is 5.00. The van der Waals surface area contributed by atoms with Gasteiger partial charge in [0.15, 0.2) is 0 Å².